The van der Waals surface area contributed by atoms with Crippen LogP contribution in [0.1, 0.15) is 56.0 Å². The van der Waals surface area contributed by atoms with Gasteiger partial charge in [-0.3, -0.25) is 14.5 Å². The number of carboxylic acid groups (broad SMARTS) is 1. The minimum absolute atomic E-state index is 0.0224. The molecule has 2 aromatic rings. The second kappa shape index (κ2) is 14.6. The second-order valence-electron chi connectivity index (χ2n) is 10.2. The molecule has 0 spiro atoms. The molecule has 0 unspecified atom stereocenters. The van der Waals surface area contributed by atoms with Crippen LogP contribution in [0.3, 0.4) is 0 Å². The molecule has 1 heterocycles. The predicted octanol–water partition coefficient (Wildman–Crippen LogP) is 4.10. The highest BCUT2D eigenvalue weighted by atomic mass is 32.2. The SMILES string of the molecule is CCCCCc1ccc(C(=O)Nc2ccc(S(=O)(=O)N(CCN3CCOCC3)[C@@H](C(=O)O)C(C)C)cc2)cc1. The molecule has 9 nitrogen and oxygen atoms in total. The maximum absolute atomic E-state index is 13.7. The Kier molecular flexibility index (Phi) is 11.5. The van der Waals surface area contributed by atoms with Crippen molar-refractivity contribution in [2.24, 2.45) is 5.92 Å². The van der Waals surface area contributed by atoms with Crippen LogP contribution in [0.5, 0.6) is 0 Å². The van der Waals surface area contributed by atoms with E-state index in [9.17, 15) is 23.1 Å². The first-order chi connectivity index (χ1) is 18.6. The Bertz CT molecular complexity index is 1180. The molecule has 0 aromatic heterocycles. The maximum atomic E-state index is 13.7. The molecule has 2 N–H and O–H groups in total. The number of nitrogens with zero attached hydrogens (tertiary/aromatic N) is 2. The molecule has 1 aliphatic heterocycles. The molecule has 0 bridgehead atoms. The number of morpholine rings is 1. The van der Waals surface area contributed by atoms with Crippen LogP contribution in [0.25, 0.3) is 0 Å². The molecular formula is C29H41N3O6S. The van der Waals surface area contributed by atoms with Crippen LogP contribution >= 0.6 is 0 Å². The van der Waals surface area contributed by atoms with Crippen LogP contribution in [0.15, 0.2) is 53.4 Å². The van der Waals surface area contributed by atoms with Crippen molar-refractivity contribution in [2.75, 3.05) is 44.7 Å². The Morgan fingerprint density at radius 1 is 1.03 bits per heavy atom. The van der Waals surface area contributed by atoms with Gasteiger partial charge in [0.2, 0.25) is 10.0 Å². The molecule has 0 saturated carbocycles. The van der Waals surface area contributed by atoms with Gasteiger partial charge >= 0.3 is 5.97 Å². The Hall–Kier alpha value is -2.79. The summed E-state index contributed by atoms with van der Waals surface area (Å²) in [6.07, 6.45) is 4.43. The van der Waals surface area contributed by atoms with Crippen LogP contribution in [0.2, 0.25) is 0 Å². The average Bonchev–Trinajstić information content (AvgIpc) is 2.91. The van der Waals surface area contributed by atoms with Crippen LogP contribution in [0.4, 0.5) is 5.69 Å². The van der Waals surface area contributed by atoms with Gasteiger partial charge in [-0.15, -0.1) is 0 Å². The third-order valence-corrected chi connectivity index (χ3v) is 8.83. The quantitative estimate of drug-likeness (QED) is 0.335. The zero-order valence-corrected chi connectivity index (χ0v) is 24.0. The lowest BCUT2D eigenvalue weighted by Crippen LogP contribution is -2.51. The number of nitrogens with one attached hydrogen (secondary N) is 1. The molecule has 1 aliphatic rings. The number of ether oxygens (including phenoxy) is 1. The van der Waals surface area contributed by atoms with Gasteiger partial charge in [-0.05, 0) is 60.7 Å². The standard InChI is InChI=1S/C29H41N3O6S/c1-4-5-6-7-23-8-10-24(11-9-23)28(33)30-25-12-14-26(15-13-25)39(36,37)32(27(22(2)3)29(34)35)17-16-31-18-20-38-21-19-31/h8-15,22,27H,4-7,16-21H2,1-3H3,(H,30,33)(H,34,35)/t27-/m1/s1. The van der Waals surface area contributed by atoms with Gasteiger partial charge in [0.15, 0.2) is 0 Å². The lowest BCUT2D eigenvalue weighted by Gasteiger charge is -2.33. The fraction of sp³-hybridized carbons (Fsp3) is 0.517. The molecule has 10 heteroatoms. The summed E-state index contributed by atoms with van der Waals surface area (Å²) in [4.78, 5) is 26.9. The summed E-state index contributed by atoms with van der Waals surface area (Å²) in [6.45, 7) is 8.49. The van der Waals surface area contributed by atoms with Crippen molar-refractivity contribution in [1.82, 2.24) is 9.21 Å². The second-order valence-corrected chi connectivity index (χ2v) is 12.1. The number of aryl methyl sites for hydroxylation is 1. The average molecular weight is 560 g/mol. The first-order valence-corrected chi connectivity index (χ1v) is 15.1. The third-order valence-electron chi connectivity index (χ3n) is 6.94. The number of anilines is 1. The summed E-state index contributed by atoms with van der Waals surface area (Å²) < 4.78 is 33.8. The zero-order valence-electron chi connectivity index (χ0n) is 23.1. The van der Waals surface area contributed by atoms with E-state index >= 15 is 0 Å². The van der Waals surface area contributed by atoms with Crippen molar-refractivity contribution in [3.05, 3.63) is 59.7 Å². The lowest BCUT2D eigenvalue weighted by atomic mass is 10.0. The number of rotatable bonds is 14. The van der Waals surface area contributed by atoms with E-state index in [-0.39, 0.29) is 17.3 Å². The molecule has 1 amide bonds. The first-order valence-electron chi connectivity index (χ1n) is 13.7. The van der Waals surface area contributed by atoms with Gasteiger partial charge in [0.25, 0.3) is 5.91 Å². The van der Waals surface area contributed by atoms with E-state index in [0.29, 0.717) is 44.1 Å². The Morgan fingerprint density at radius 2 is 1.67 bits per heavy atom. The fourth-order valence-corrected chi connectivity index (χ4v) is 6.37. The summed E-state index contributed by atoms with van der Waals surface area (Å²) in [5, 5.41) is 12.7. The summed E-state index contributed by atoms with van der Waals surface area (Å²) in [6, 6.07) is 12.1. The number of unbranched alkanes of at least 4 members (excludes halogenated alkanes) is 2. The van der Waals surface area contributed by atoms with E-state index in [0.717, 1.165) is 23.6 Å². The van der Waals surface area contributed by atoms with Gasteiger partial charge < -0.3 is 15.2 Å². The van der Waals surface area contributed by atoms with E-state index in [4.69, 9.17) is 4.74 Å². The zero-order chi connectivity index (χ0) is 28.4. The highest BCUT2D eigenvalue weighted by molar-refractivity contribution is 7.89. The van der Waals surface area contributed by atoms with Crippen LogP contribution in [-0.2, 0) is 26.0 Å². The minimum atomic E-state index is -4.12. The number of hydrogen-bond donors (Lipinski definition) is 2. The van der Waals surface area contributed by atoms with E-state index < -0.39 is 28.0 Å². The fourth-order valence-electron chi connectivity index (χ4n) is 4.67. The van der Waals surface area contributed by atoms with Gasteiger partial charge in [0.05, 0.1) is 18.1 Å². The monoisotopic (exact) mass is 559 g/mol. The normalized spacial score (nSPS) is 15.4. The largest absolute Gasteiger partial charge is 0.480 e. The highest BCUT2D eigenvalue weighted by Gasteiger charge is 2.38. The molecule has 1 saturated heterocycles. The summed E-state index contributed by atoms with van der Waals surface area (Å²) in [7, 11) is -4.12. The van der Waals surface area contributed by atoms with E-state index in [2.05, 4.69) is 17.1 Å². The number of amides is 1. The molecule has 1 atom stereocenters. The van der Waals surface area contributed by atoms with Gasteiger partial charge in [-0.1, -0.05) is 45.7 Å². The van der Waals surface area contributed by atoms with Crippen molar-refractivity contribution >= 4 is 27.6 Å². The number of benzene rings is 2. The molecular weight excluding hydrogens is 518 g/mol. The summed E-state index contributed by atoms with van der Waals surface area (Å²) in [5.74, 6) is -1.90. The maximum Gasteiger partial charge on any atom is 0.322 e. The van der Waals surface area contributed by atoms with E-state index in [1.54, 1.807) is 26.0 Å². The molecule has 3 rings (SSSR count). The number of carboxylic acids is 1. The van der Waals surface area contributed by atoms with Gasteiger partial charge in [-0.25, -0.2) is 8.42 Å². The number of aliphatic carboxylic acids is 1. The van der Waals surface area contributed by atoms with Gasteiger partial charge in [-0.2, -0.15) is 4.31 Å². The summed E-state index contributed by atoms with van der Waals surface area (Å²) >= 11 is 0. The Balaban J connectivity index is 1.73. The number of carbonyl (C=O) groups excluding carboxylic acids is 1. The number of carbonyl (C=O) groups is 2. The van der Waals surface area contributed by atoms with Crippen molar-refractivity contribution in [3.8, 4) is 0 Å². The number of hydrogen-bond acceptors (Lipinski definition) is 6. The molecule has 39 heavy (non-hydrogen) atoms. The van der Waals surface area contributed by atoms with Gasteiger partial charge in [0, 0.05) is 37.4 Å². The topological polar surface area (TPSA) is 116 Å². The van der Waals surface area contributed by atoms with Crippen LogP contribution in [-0.4, -0.2) is 80.0 Å². The van der Waals surface area contributed by atoms with Crippen molar-refractivity contribution in [1.29, 1.82) is 0 Å². The van der Waals surface area contributed by atoms with E-state index in [1.807, 2.05) is 12.1 Å². The van der Waals surface area contributed by atoms with Crippen molar-refractivity contribution in [2.45, 2.75) is 57.4 Å². The van der Waals surface area contributed by atoms with E-state index in [1.165, 1.54) is 36.2 Å². The first kappa shape index (κ1) is 30.7. The highest BCUT2D eigenvalue weighted by Crippen LogP contribution is 2.24. The van der Waals surface area contributed by atoms with Crippen LogP contribution < -0.4 is 5.32 Å². The summed E-state index contributed by atoms with van der Waals surface area (Å²) in [5.41, 5.74) is 2.15. The Morgan fingerprint density at radius 3 is 2.23 bits per heavy atom. The Labute approximate surface area is 232 Å². The van der Waals surface area contributed by atoms with Gasteiger partial charge in [0.1, 0.15) is 6.04 Å². The molecule has 0 radical (unpaired) electrons. The molecule has 1 fully saturated rings. The van der Waals surface area contributed by atoms with Crippen molar-refractivity contribution < 1.29 is 27.9 Å². The predicted molar refractivity (Wildman–Crippen MR) is 151 cm³/mol. The lowest BCUT2D eigenvalue weighted by molar-refractivity contribution is -0.143. The third kappa shape index (κ3) is 8.60. The smallest absolute Gasteiger partial charge is 0.322 e. The molecule has 0 aliphatic carbocycles. The molecule has 214 valence electrons. The minimum Gasteiger partial charge on any atom is -0.480 e. The number of sulfonamides is 1. The molecule has 2 aromatic carbocycles. The van der Waals surface area contributed by atoms with Crippen LogP contribution in [0, 0.1) is 5.92 Å². The van der Waals surface area contributed by atoms with Crippen molar-refractivity contribution in [3.63, 3.8) is 0 Å².